The number of ether oxygens (including phenoxy) is 1. The van der Waals surface area contributed by atoms with Crippen molar-refractivity contribution in [2.75, 3.05) is 18.6 Å². The van der Waals surface area contributed by atoms with Gasteiger partial charge in [-0.1, -0.05) is 25.1 Å². The molecule has 1 nitrogen and oxygen atoms in total. The highest BCUT2D eigenvalue weighted by atomic mass is 32.2. The Morgan fingerprint density at radius 2 is 2.00 bits per heavy atom. The van der Waals surface area contributed by atoms with Crippen LogP contribution in [-0.4, -0.2) is 18.6 Å². The van der Waals surface area contributed by atoms with Crippen molar-refractivity contribution in [2.24, 2.45) is 0 Å². The maximum atomic E-state index is 5.75. The molecule has 0 bridgehead atoms. The van der Waals surface area contributed by atoms with E-state index in [0.717, 1.165) is 18.1 Å². The van der Waals surface area contributed by atoms with Crippen LogP contribution in [0.3, 0.4) is 0 Å². The van der Waals surface area contributed by atoms with E-state index in [1.54, 1.807) is 11.8 Å². The third-order valence-corrected chi connectivity index (χ3v) is 2.15. The predicted octanol–water partition coefficient (Wildman–Crippen LogP) is 3.37. The maximum absolute atomic E-state index is 5.75. The summed E-state index contributed by atoms with van der Waals surface area (Å²) in [4.78, 5) is 0. The highest BCUT2D eigenvalue weighted by Gasteiger charge is 1.91. The van der Waals surface area contributed by atoms with E-state index in [4.69, 9.17) is 6.11 Å². The largest absolute Gasteiger partial charge is 0.493 e. The molecule has 0 atom stereocenters. The number of hydrogen-bond donors (Lipinski definition) is 0. The molecule has 1 aromatic rings. The van der Waals surface area contributed by atoms with Gasteiger partial charge in [-0.05, 0) is 25.3 Å². The van der Waals surface area contributed by atoms with E-state index in [2.05, 4.69) is 25.3 Å². The van der Waals surface area contributed by atoms with E-state index in [1.165, 1.54) is 13.0 Å². The SMILES string of the molecule is CSCCOc1ccc(C)cc1.[2H]C. The molecule has 0 aromatic heterocycles. The molecule has 0 aliphatic rings. The second kappa shape index (κ2) is 6.84. The van der Waals surface area contributed by atoms with Gasteiger partial charge in [-0.3, -0.25) is 0 Å². The smallest absolute Gasteiger partial charge is 0.119 e. The molecule has 0 aliphatic heterocycles. The standard InChI is InChI=1S/C10H14OS.CH4/c1-9-3-5-10(6-4-9)11-7-8-12-2;/h3-6H,7-8H2,1-2H3;1H4/i;1D. The lowest BCUT2D eigenvalue weighted by molar-refractivity contribution is 0.344. The van der Waals surface area contributed by atoms with Crippen LogP contribution in [0.4, 0.5) is 0 Å². The summed E-state index contributed by atoms with van der Waals surface area (Å²) in [6, 6.07) is 8.15. The van der Waals surface area contributed by atoms with Crippen molar-refractivity contribution >= 4 is 11.8 Å². The summed E-state index contributed by atoms with van der Waals surface area (Å²) in [7, 11) is 1.25. The molecular formula is C11H18OS. The zero-order valence-electron chi connectivity index (χ0n) is 9.54. The van der Waals surface area contributed by atoms with Gasteiger partial charge in [0, 0.05) is 7.12 Å². The number of aryl methyl sites for hydroxylation is 1. The molecule has 0 unspecified atom stereocenters. The van der Waals surface area contributed by atoms with Crippen LogP contribution < -0.4 is 4.74 Å². The van der Waals surface area contributed by atoms with Gasteiger partial charge in [-0.25, -0.2) is 0 Å². The third kappa shape index (κ3) is 4.83. The molecule has 0 saturated heterocycles. The number of thioether (sulfide) groups is 1. The van der Waals surface area contributed by atoms with Gasteiger partial charge in [-0.2, -0.15) is 11.8 Å². The fraction of sp³-hybridized carbons (Fsp3) is 0.455. The number of hydrogen-bond acceptors (Lipinski definition) is 2. The zero-order chi connectivity index (χ0) is 10.8. The molecule has 13 heavy (non-hydrogen) atoms. The molecular weight excluding hydrogens is 180 g/mol. The minimum Gasteiger partial charge on any atom is -0.493 e. The van der Waals surface area contributed by atoms with Crippen molar-refractivity contribution in [3.63, 3.8) is 0 Å². The highest BCUT2D eigenvalue weighted by molar-refractivity contribution is 7.98. The van der Waals surface area contributed by atoms with Crippen molar-refractivity contribution in [2.45, 2.75) is 14.3 Å². The Hall–Kier alpha value is -0.630. The van der Waals surface area contributed by atoms with Gasteiger partial charge in [-0.15, -0.1) is 0 Å². The van der Waals surface area contributed by atoms with Crippen LogP contribution in [0.2, 0.25) is 0 Å². The van der Waals surface area contributed by atoms with Gasteiger partial charge < -0.3 is 4.74 Å². The Bertz CT molecular complexity index is 223. The van der Waals surface area contributed by atoms with Crippen molar-refractivity contribution in [3.8, 4) is 5.75 Å². The minimum atomic E-state index is 0.796. The molecule has 2 heteroatoms. The van der Waals surface area contributed by atoms with Crippen molar-refractivity contribution in [1.82, 2.24) is 0 Å². The summed E-state index contributed by atoms with van der Waals surface area (Å²) >= 11 is 1.80. The fourth-order valence-electron chi connectivity index (χ4n) is 0.877. The van der Waals surface area contributed by atoms with Crippen LogP contribution in [0.25, 0.3) is 0 Å². The van der Waals surface area contributed by atoms with Gasteiger partial charge in [0.1, 0.15) is 5.75 Å². The second-order valence-corrected chi connectivity index (χ2v) is 3.64. The van der Waals surface area contributed by atoms with E-state index >= 15 is 0 Å². The Balaban J connectivity index is 0.000000791. The lowest BCUT2D eigenvalue weighted by Gasteiger charge is -2.04. The number of benzene rings is 1. The second-order valence-electron chi connectivity index (χ2n) is 2.65. The average molecular weight is 199 g/mol. The minimum absolute atomic E-state index is 0.796. The lowest BCUT2D eigenvalue weighted by atomic mass is 10.2. The van der Waals surface area contributed by atoms with Gasteiger partial charge in [0.25, 0.3) is 0 Å². The van der Waals surface area contributed by atoms with Crippen LogP contribution >= 0.6 is 11.8 Å². The summed E-state index contributed by atoms with van der Waals surface area (Å²) in [5.41, 5.74) is 1.27. The topological polar surface area (TPSA) is 9.23 Å². The predicted molar refractivity (Wildman–Crippen MR) is 61.8 cm³/mol. The molecule has 0 aliphatic carbocycles. The Morgan fingerprint density at radius 3 is 2.54 bits per heavy atom. The van der Waals surface area contributed by atoms with Crippen molar-refractivity contribution in [3.05, 3.63) is 29.8 Å². The molecule has 1 rings (SSSR count). The first-order chi connectivity index (χ1) is 6.83. The van der Waals surface area contributed by atoms with Crippen LogP contribution in [0.1, 0.15) is 14.3 Å². The Kier molecular flexibility index (Phi) is 5.50. The summed E-state index contributed by atoms with van der Waals surface area (Å²) in [6.45, 7) is 2.87. The first-order valence-corrected chi connectivity index (χ1v) is 5.40. The van der Waals surface area contributed by atoms with Crippen molar-refractivity contribution in [1.29, 1.82) is 0 Å². The van der Waals surface area contributed by atoms with Crippen LogP contribution in [0.5, 0.6) is 5.75 Å². The quantitative estimate of drug-likeness (QED) is 0.688. The highest BCUT2D eigenvalue weighted by Crippen LogP contribution is 2.11. The van der Waals surface area contributed by atoms with E-state index in [9.17, 15) is 0 Å². The molecule has 0 amide bonds. The molecule has 0 fully saturated rings. The van der Waals surface area contributed by atoms with Gasteiger partial charge in [0.05, 0.1) is 6.61 Å². The van der Waals surface area contributed by atoms with E-state index in [-0.39, 0.29) is 0 Å². The molecule has 0 radical (unpaired) electrons. The molecule has 74 valence electrons. The maximum Gasteiger partial charge on any atom is 0.119 e. The fourth-order valence-corrected chi connectivity index (χ4v) is 1.13. The summed E-state index contributed by atoms with van der Waals surface area (Å²) in [5.74, 6) is 2.02. The third-order valence-electron chi connectivity index (χ3n) is 1.58. The monoisotopic (exact) mass is 199 g/mol. The molecule has 0 saturated carbocycles. The summed E-state index contributed by atoms with van der Waals surface area (Å²) in [6.07, 6.45) is 2.08. The molecule has 0 N–H and O–H groups in total. The molecule has 0 spiro atoms. The first kappa shape index (κ1) is 10.5. The van der Waals surface area contributed by atoms with Gasteiger partial charge in [0.15, 0.2) is 0 Å². The molecule has 1 aromatic carbocycles. The van der Waals surface area contributed by atoms with Crippen LogP contribution in [-0.2, 0) is 0 Å². The van der Waals surface area contributed by atoms with E-state index in [1.807, 2.05) is 12.1 Å². The summed E-state index contributed by atoms with van der Waals surface area (Å²) in [5, 5.41) is 0. The van der Waals surface area contributed by atoms with Crippen LogP contribution in [0.15, 0.2) is 24.3 Å². The zero-order valence-corrected chi connectivity index (χ0v) is 9.36. The van der Waals surface area contributed by atoms with Gasteiger partial charge >= 0.3 is 0 Å². The average Bonchev–Trinajstić information content (AvgIpc) is 2.24. The Morgan fingerprint density at radius 1 is 1.38 bits per heavy atom. The Labute approximate surface area is 86.9 Å². The number of rotatable bonds is 4. The van der Waals surface area contributed by atoms with Gasteiger partial charge in [0.2, 0.25) is 0 Å². The lowest BCUT2D eigenvalue weighted by Crippen LogP contribution is -1.99. The molecule has 0 heterocycles. The van der Waals surface area contributed by atoms with Crippen LogP contribution in [0, 0.1) is 6.92 Å². The van der Waals surface area contributed by atoms with Crippen molar-refractivity contribution < 1.29 is 6.11 Å². The van der Waals surface area contributed by atoms with E-state index < -0.39 is 0 Å². The summed E-state index contributed by atoms with van der Waals surface area (Å²) < 4.78 is 11.2. The van der Waals surface area contributed by atoms with E-state index in [0.29, 0.717) is 0 Å². The first-order valence-electron chi connectivity index (χ1n) is 5.01. The normalized spacial score (nSPS) is 9.62.